The van der Waals surface area contributed by atoms with Crippen LogP contribution >= 0.6 is 11.3 Å². The molecule has 0 radical (unpaired) electrons. The smallest absolute Gasteiger partial charge is 0.243 e. The second-order valence-corrected chi connectivity index (χ2v) is 8.29. The zero-order valence-electron chi connectivity index (χ0n) is 14.2. The van der Waals surface area contributed by atoms with Gasteiger partial charge in [0.15, 0.2) is 0 Å². The van der Waals surface area contributed by atoms with Crippen LogP contribution in [0.2, 0.25) is 0 Å². The first-order valence-electron chi connectivity index (χ1n) is 8.43. The average molecular weight is 321 g/mol. The number of aromatic nitrogens is 1. The predicted molar refractivity (Wildman–Crippen MR) is 90.0 cm³/mol. The highest BCUT2D eigenvalue weighted by molar-refractivity contribution is 7.11. The summed E-state index contributed by atoms with van der Waals surface area (Å²) in [5.41, 5.74) is 0.878. The van der Waals surface area contributed by atoms with Crippen LogP contribution in [0.25, 0.3) is 0 Å². The lowest BCUT2D eigenvalue weighted by atomic mass is 9.85. The minimum atomic E-state index is -0.254. The maximum absolute atomic E-state index is 13.1. The Morgan fingerprint density at radius 3 is 2.50 bits per heavy atom. The number of likely N-dealkylation sites (tertiary alicyclic amines) is 2. The number of amides is 1. The van der Waals surface area contributed by atoms with Crippen molar-refractivity contribution in [3.8, 4) is 0 Å². The number of aryl methyl sites for hydroxylation is 2. The molecule has 1 atom stereocenters. The standard InChI is InChI=1S/C17H27N3OS/c1-12(2)20-10-6-8-17(16(20)21)7-5-9-19(17)11-15-18-13(3)14(4)22-15/h12H,5-11H2,1-4H3. The lowest BCUT2D eigenvalue weighted by Crippen LogP contribution is -2.61. The van der Waals surface area contributed by atoms with Crippen LogP contribution in [0.15, 0.2) is 0 Å². The zero-order chi connectivity index (χ0) is 15.9. The molecule has 2 saturated heterocycles. The van der Waals surface area contributed by atoms with Crippen molar-refractivity contribution in [2.45, 2.75) is 71.5 Å². The molecule has 22 heavy (non-hydrogen) atoms. The molecule has 1 spiro atoms. The lowest BCUT2D eigenvalue weighted by Gasteiger charge is -2.45. The minimum absolute atomic E-state index is 0.254. The van der Waals surface area contributed by atoms with Gasteiger partial charge in [-0.2, -0.15) is 0 Å². The summed E-state index contributed by atoms with van der Waals surface area (Å²) in [5.74, 6) is 0.358. The van der Waals surface area contributed by atoms with Crippen molar-refractivity contribution in [2.75, 3.05) is 13.1 Å². The molecule has 1 aromatic rings. The van der Waals surface area contributed by atoms with Crippen LogP contribution in [0.3, 0.4) is 0 Å². The zero-order valence-corrected chi connectivity index (χ0v) is 15.0. The van der Waals surface area contributed by atoms with Crippen molar-refractivity contribution in [1.82, 2.24) is 14.8 Å². The third kappa shape index (κ3) is 2.58. The Morgan fingerprint density at radius 2 is 1.91 bits per heavy atom. The molecule has 0 saturated carbocycles. The average Bonchev–Trinajstić information content (AvgIpc) is 2.99. The van der Waals surface area contributed by atoms with E-state index in [1.807, 2.05) is 0 Å². The molecule has 3 heterocycles. The van der Waals surface area contributed by atoms with E-state index in [0.29, 0.717) is 11.9 Å². The minimum Gasteiger partial charge on any atom is -0.339 e. The Balaban J connectivity index is 1.83. The quantitative estimate of drug-likeness (QED) is 0.858. The molecule has 1 unspecified atom stereocenters. The summed E-state index contributed by atoms with van der Waals surface area (Å²) in [4.78, 5) is 23.6. The van der Waals surface area contributed by atoms with E-state index < -0.39 is 0 Å². The van der Waals surface area contributed by atoms with Crippen LogP contribution in [-0.2, 0) is 11.3 Å². The molecule has 2 aliphatic heterocycles. The number of piperidine rings is 1. The molecule has 2 aliphatic rings. The first kappa shape index (κ1) is 15.9. The van der Waals surface area contributed by atoms with Crippen LogP contribution in [-0.4, -0.2) is 45.4 Å². The number of rotatable bonds is 3. The fourth-order valence-electron chi connectivity index (χ4n) is 3.97. The number of hydrogen-bond donors (Lipinski definition) is 0. The van der Waals surface area contributed by atoms with Crippen LogP contribution < -0.4 is 0 Å². The van der Waals surface area contributed by atoms with Gasteiger partial charge in [0, 0.05) is 17.5 Å². The third-order valence-corrected chi connectivity index (χ3v) is 6.35. The van der Waals surface area contributed by atoms with E-state index in [1.165, 1.54) is 4.88 Å². The molecular weight excluding hydrogens is 294 g/mol. The van der Waals surface area contributed by atoms with Gasteiger partial charge in [0.1, 0.15) is 10.5 Å². The lowest BCUT2D eigenvalue weighted by molar-refractivity contribution is -0.149. The summed E-state index contributed by atoms with van der Waals surface area (Å²) in [5, 5.41) is 1.16. The Labute approximate surface area is 137 Å². The molecular formula is C17H27N3OS. The van der Waals surface area contributed by atoms with Crippen molar-refractivity contribution in [2.24, 2.45) is 0 Å². The monoisotopic (exact) mass is 321 g/mol. The van der Waals surface area contributed by atoms with Gasteiger partial charge in [-0.15, -0.1) is 11.3 Å². The first-order valence-corrected chi connectivity index (χ1v) is 9.25. The van der Waals surface area contributed by atoms with Gasteiger partial charge in [0.05, 0.1) is 12.2 Å². The highest BCUT2D eigenvalue weighted by atomic mass is 32.1. The van der Waals surface area contributed by atoms with Gasteiger partial charge in [0.25, 0.3) is 0 Å². The van der Waals surface area contributed by atoms with Crippen molar-refractivity contribution < 1.29 is 4.79 Å². The Bertz CT molecular complexity index is 549. The maximum atomic E-state index is 13.1. The number of carbonyl (C=O) groups is 1. The van der Waals surface area contributed by atoms with Gasteiger partial charge in [-0.1, -0.05) is 0 Å². The normalized spacial score (nSPS) is 26.6. The number of hydrogen-bond acceptors (Lipinski definition) is 4. The van der Waals surface area contributed by atoms with E-state index in [9.17, 15) is 4.79 Å². The molecule has 2 fully saturated rings. The highest BCUT2D eigenvalue weighted by Gasteiger charge is 2.51. The molecule has 1 aromatic heterocycles. The maximum Gasteiger partial charge on any atom is 0.243 e. The van der Waals surface area contributed by atoms with Gasteiger partial charge in [-0.3, -0.25) is 9.69 Å². The molecule has 3 rings (SSSR count). The summed E-state index contributed by atoms with van der Waals surface area (Å²) in [7, 11) is 0. The summed E-state index contributed by atoms with van der Waals surface area (Å²) in [6.45, 7) is 11.2. The van der Waals surface area contributed by atoms with Crippen molar-refractivity contribution in [1.29, 1.82) is 0 Å². The van der Waals surface area contributed by atoms with Gasteiger partial charge in [-0.05, 0) is 59.9 Å². The van der Waals surface area contributed by atoms with Crippen LogP contribution in [0.4, 0.5) is 0 Å². The highest BCUT2D eigenvalue weighted by Crippen LogP contribution is 2.40. The van der Waals surface area contributed by atoms with Crippen LogP contribution in [0, 0.1) is 13.8 Å². The van der Waals surface area contributed by atoms with Crippen LogP contribution in [0.5, 0.6) is 0 Å². The molecule has 0 bridgehead atoms. The van der Waals surface area contributed by atoms with Crippen molar-refractivity contribution in [3.05, 3.63) is 15.6 Å². The van der Waals surface area contributed by atoms with Gasteiger partial charge in [0.2, 0.25) is 5.91 Å². The SMILES string of the molecule is Cc1nc(CN2CCCC23CCCN(C(C)C)C3=O)sc1C. The molecule has 0 N–H and O–H groups in total. The Kier molecular flexibility index (Phi) is 4.29. The molecule has 0 aliphatic carbocycles. The third-order valence-electron chi connectivity index (χ3n) is 5.29. The largest absolute Gasteiger partial charge is 0.339 e. The van der Waals surface area contributed by atoms with Gasteiger partial charge < -0.3 is 4.90 Å². The molecule has 5 heteroatoms. The van der Waals surface area contributed by atoms with E-state index >= 15 is 0 Å². The first-order chi connectivity index (χ1) is 10.4. The van der Waals surface area contributed by atoms with E-state index in [2.05, 4.69) is 42.5 Å². The number of nitrogens with zero attached hydrogens (tertiary/aromatic N) is 3. The summed E-state index contributed by atoms with van der Waals surface area (Å²) < 4.78 is 0. The fraction of sp³-hybridized carbons (Fsp3) is 0.765. The van der Waals surface area contributed by atoms with Gasteiger partial charge in [-0.25, -0.2) is 4.98 Å². The van der Waals surface area contributed by atoms with Crippen LogP contribution in [0.1, 0.15) is 55.1 Å². The van der Waals surface area contributed by atoms with Crippen molar-refractivity contribution in [3.63, 3.8) is 0 Å². The molecule has 1 amide bonds. The molecule has 122 valence electrons. The fourth-order valence-corrected chi connectivity index (χ4v) is 4.92. The Hall–Kier alpha value is -0.940. The predicted octanol–water partition coefficient (Wildman–Crippen LogP) is 3.13. The molecule has 4 nitrogen and oxygen atoms in total. The summed E-state index contributed by atoms with van der Waals surface area (Å²) in [6.07, 6.45) is 4.27. The van der Waals surface area contributed by atoms with E-state index in [1.54, 1.807) is 11.3 Å². The van der Waals surface area contributed by atoms with Gasteiger partial charge >= 0.3 is 0 Å². The topological polar surface area (TPSA) is 36.4 Å². The Morgan fingerprint density at radius 1 is 1.23 bits per heavy atom. The van der Waals surface area contributed by atoms with E-state index in [-0.39, 0.29) is 5.54 Å². The van der Waals surface area contributed by atoms with E-state index in [0.717, 1.165) is 56.0 Å². The summed E-state index contributed by atoms with van der Waals surface area (Å²) in [6, 6.07) is 0.302. The van der Waals surface area contributed by atoms with E-state index in [4.69, 9.17) is 0 Å². The molecule has 0 aromatic carbocycles. The number of thiazole rings is 1. The van der Waals surface area contributed by atoms with Crippen molar-refractivity contribution >= 4 is 17.2 Å². The number of carbonyl (C=O) groups excluding carboxylic acids is 1. The second kappa shape index (κ2) is 5.93. The summed E-state index contributed by atoms with van der Waals surface area (Å²) >= 11 is 1.78. The second-order valence-electron chi connectivity index (χ2n) is 7.00.